The number of anilines is 1. The molecule has 2 bridgehead atoms. The summed E-state index contributed by atoms with van der Waals surface area (Å²) in [5.41, 5.74) is 2.85. The van der Waals surface area contributed by atoms with E-state index < -0.39 is 11.5 Å². The Morgan fingerprint density at radius 2 is 1.86 bits per heavy atom. The lowest BCUT2D eigenvalue weighted by molar-refractivity contribution is -0.136. The molecule has 0 aliphatic carbocycles. The minimum absolute atomic E-state index is 0.107. The topological polar surface area (TPSA) is 118 Å². The van der Waals surface area contributed by atoms with Crippen molar-refractivity contribution in [2.24, 2.45) is 5.41 Å². The molecule has 5 rings (SSSR count). The summed E-state index contributed by atoms with van der Waals surface area (Å²) in [5, 5.41) is 14.8. The second kappa shape index (κ2) is 10.7. The van der Waals surface area contributed by atoms with E-state index in [1.165, 1.54) is 0 Å². The van der Waals surface area contributed by atoms with E-state index in [2.05, 4.69) is 30.8 Å². The summed E-state index contributed by atoms with van der Waals surface area (Å²) in [6, 6.07) is 9.16. The van der Waals surface area contributed by atoms with E-state index in [1.54, 1.807) is 10.9 Å². The lowest BCUT2D eigenvalue weighted by Crippen LogP contribution is -2.56. The molecule has 2 N–H and O–H groups in total. The molecule has 4 heterocycles. The average molecular weight is 503 g/mol. The minimum Gasteiger partial charge on any atom is -0.355 e. The van der Waals surface area contributed by atoms with Crippen molar-refractivity contribution in [3.8, 4) is 0 Å². The molecule has 10 heteroatoms. The molecular formula is C27H34N8O2. The first kappa shape index (κ1) is 24.9. The third kappa shape index (κ3) is 5.63. The van der Waals surface area contributed by atoms with E-state index in [1.807, 2.05) is 50.4 Å². The first-order valence-corrected chi connectivity index (χ1v) is 13.0. The van der Waals surface area contributed by atoms with Gasteiger partial charge < -0.3 is 15.5 Å². The van der Waals surface area contributed by atoms with Gasteiger partial charge in [-0.15, -0.1) is 5.10 Å². The Balaban J connectivity index is 1.42. The van der Waals surface area contributed by atoms with Gasteiger partial charge in [-0.3, -0.25) is 19.3 Å². The number of amides is 2. The monoisotopic (exact) mass is 502 g/mol. The van der Waals surface area contributed by atoms with Crippen molar-refractivity contribution >= 4 is 17.6 Å². The quantitative estimate of drug-likeness (QED) is 0.560. The number of hydrogen-bond acceptors (Lipinski definition) is 7. The van der Waals surface area contributed by atoms with Gasteiger partial charge in [0.15, 0.2) is 0 Å². The molecule has 0 radical (unpaired) electrons. The van der Waals surface area contributed by atoms with Gasteiger partial charge in [0.25, 0.3) is 0 Å². The summed E-state index contributed by atoms with van der Waals surface area (Å²) in [6.45, 7) is 6.39. The fourth-order valence-corrected chi connectivity index (χ4v) is 5.28. The smallest absolute Gasteiger partial charge is 0.242 e. The lowest BCUT2D eigenvalue weighted by Gasteiger charge is -2.41. The maximum atomic E-state index is 14.0. The van der Waals surface area contributed by atoms with Gasteiger partial charge in [-0.2, -0.15) is 0 Å². The molecule has 1 atom stereocenters. The van der Waals surface area contributed by atoms with Gasteiger partial charge in [-0.05, 0) is 38.7 Å². The van der Waals surface area contributed by atoms with Crippen LogP contribution < -0.4 is 15.5 Å². The summed E-state index contributed by atoms with van der Waals surface area (Å²) in [4.78, 5) is 38.6. The van der Waals surface area contributed by atoms with Crippen LogP contribution in [-0.2, 0) is 29.0 Å². The number of carbonyl (C=O) groups excluding carboxylic acids is 2. The fraction of sp³-hybridized carbons (Fsp3) is 0.481. The van der Waals surface area contributed by atoms with Crippen LogP contribution in [0.4, 0.5) is 5.82 Å². The van der Waals surface area contributed by atoms with Crippen LogP contribution in [0.1, 0.15) is 41.9 Å². The predicted molar refractivity (Wildman–Crippen MR) is 139 cm³/mol. The van der Waals surface area contributed by atoms with Crippen molar-refractivity contribution in [1.29, 1.82) is 0 Å². The molecular weight excluding hydrogens is 468 g/mol. The normalized spacial score (nSPS) is 20.4. The molecule has 2 aliphatic rings. The van der Waals surface area contributed by atoms with Crippen molar-refractivity contribution in [1.82, 2.24) is 35.6 Å². The number of nitrogens with zero attached hydrogens (tertiary/aromatic N) is 6. The second-order valence-electron chi connectivity index (χ2n) is 10.2. The highest BCUT2D eigenvalue weighted by Crippen LogP contribution is 2.37. The largest absolute Gasteiger partial charge is 0.355 e. The van der Waals surface area contributed by atoms with Crippen LogP contribution in [0.15, 0.2) is 42.7 Å². The van der Waals surface area contributed by atoms with Gasteiger partial charge in [0.1, 0.15) is 11.9 Å². The van der Waals surface area contributed by atoms with Gasteiger partial charge >= 0.3 is 0 Å². The summed E-state index contributed by atoms with van der Waals surface area (Å²) in [7, 11) is 0. The summed E-state index contributed by atoms with van der Waals surface area (Å²) < 4.78 is 1.80. The van der Waals surface area contributed by atoms with E-state index in [0.29, 0.717) is 51.9 Å². The Hall–Kier alpha value is -3.82. The SMILES string of the molecule is Cc1cnc(C)c(N2CCC3(CC2)Cc2cn(nn2)CCCNC(=O)[C@H](Cc2ccccc2)NC3=O)n1. The number of carbonyl (C=O) groups is 2. The number of aromatic nitrogens is 5. The van der Waals surface area contributed by atoms with Crippen LogP contribution in [0, 0.1) is 19.3 Å². The number of benzene rings is 1. The Morgan fingerprint density at radius 1 is 1.08 bits per heavy atom. The van der Waals surface area contributed by atoms with E-state index in [9.17, 15) is 9.59 Å². The number of rotatable bonds is 3. The van der Waals surface area contributed by atoms with Gasteiger partial charge in [0.2, 0.25) is 11.8 Å². The predicted octanol–water partition coefficient (Wildman–Crippen LogP) is 1.76. The molecule has 2 amide bonds. The average Bonchev–Trinajstić information content (AvgIpc) is 3.35. The summed E-state index contributed by atoms with van der Waals surface area (Å²) >= 11 is 0. The first-order valence-electron chi connectivity index (χ1n) is 13.0. The molecule has 37 heavy (non-hydrogen) atoms. The lowest BCUT2D eigenvalue weighted by atomic mass is 9.73. The van der Waals surface area contributed by atoms with Gasteiger partial charge in [0, 0.05) is 51.4 Å². The molecule has 194 valence electrons. The Kier molecular flexibility index (Phi) is 7.16. The van der Waals surface area contributed by atoms with Crippen LogP contribution in [0.5, 0.6) is 0 Å². The first-order chi connectivity index (χ1) is 17.9. The highest BCUT2D eigenvalue weighted by atomic mass is 16.2. The molecule has 1 fully saturated rings. The van der Waals surface area contributed by atoms with Crippen molar-refractivity contribution in [2.45, 2.75) is 58.5 Å². The summed E-state index contributed by atoms with van der Waals surface area (Å²) in [6.07, 6.45) is 6.57. The zero-order valence-corrected chi connectivity index (χ0v) is 21.5. The Bertz CT molecular complexity index is 1250. The maximum Gasteiger partial charge on any atom is 0.242 e. The highest BCUT2D eigenvalue weighted by molar-refractivity contribution is 5.90. The van der Waals surface area contributed by atoms with E-state index in [4.69, 9.17) is 4.98 Å². The molecule has 2 aromatic heterocycles. The minimum atomic E-state index is -0.703. The Labute approximate surface area is 216 Å². The third-order valence-corrected chi connectivity index (χ3v) is 7.43. The molecule has 10 nitrogen and oxygen atoms in total. The van der Waals surface area contributed by atoms with Crippen LogP contribution in [0.25, 0.3) is 0 Å². The van der Waals surface area contributed by atoms with E-state index in [0.717, 1.165) is 34.9 Å². The molecule has 3 aromatic rings. The van der Waals surface area contributed by atoms with Crippen LogP contribution in [0.2, 0.25) is 0 Å². The fourth-order valence-electron chi connectivity index (χ4n) is 5.28. The third-order valence-electron chi connectivity index (χ3n) is 7.43. The standard InChI is InChI=1S/C27H34N8O2/c1-19-17-29-20(2)24(30-19)34-13-9-27(10-14-34)16-22-18-35(33-32-22)12-6-11-28-25(36)23(31-26(27)37)15-21-7-4-3-5-8-21/h3-5,7-8,17-18,23H,6,9-16H2,1-2H3,(H,28,36)(H,31,37)/t23-/m0/s1. The van der Waals surface area contributed by atoms with E-state index >= 15 is 0 Å². The van der Waals surface area contributed by atoms with Crippen molar-refractivity contribution in [3.05, 3.63) is 65.4 Å². The number of fused-ring (bicyclic) bond motifs is 2. The zero-order chi connectivity index (χ0) is 25.8. The second-order valence-corrected chi connectivity index (χ2v) is 10.2. The number of aryl methyl sites for hydroxylation is 3. The molecule has 2 aliphatic heterocycles. The molecule has 1 aromatic carbocycles. The number of hydrogen-bond donors (Lipinski definition) is 2. The van der Waals surface area contributed by atoms with Crippen molar-refractivity contribution in [2.75, 3.05) is 24.5 Å². The van der Waals surface area contributed by atoms with Crippen molar-refractivity contribution < 1.29 is 9.59 Å². The highest BCUT2D eigenvalue weighted by Gasteiger charge is 2.44. The van der Waals surface area contributed by atoms with Crippen molar-refractivity contribution in [3.63, 3.8) is 0 Å². The number of nitrogens with one attached hydrogen (secondary N) is 2. The van der Waals surface area contributed by atoms with Crippen LogP contribution in [0.3, 0.4) is 0 Å². The molecule has 1 saturated heterocycles. The molecule has 0 unspecified atom stereocenters. The molecule has 1 spiro atoms. The van der Waals surface area contributed by atoms with Gasteiger partial charge in [-0.1, -0.05) is 35.5 Å². The van der Waals surface area contributed by atoms with Crippen LogP contribution >= 0.6 is 0 Å². The van der Waals surface area contributed by atoms with Gasteiger partial charge in [-0.25, -0.2) is 4.98 Å². The molecule has 0 saturated carbocycles. The number of piperidine rings is 1. The zero-order valence-electron chi connectivity index (χ0n) is 21.5. The van der Waals surface area contributed by atoms with E-state index in [-0.39, 0.29) is 11.8 Å². The Morgan fingerprint density at radius 3 is 2.65 bits per heavy atom. The summed E-state index contributed by atoms with van der Waals surface area (Å²) in [5.74, 6) is 0.601. The maximum absolute atomic E-state index is 14.0. The van der Waals surface area contributed by atoms with Crippen LogP contribution in [-0.4, -0.2) is 62.5 Å². The van der Waals surface area contributed by atoms with Gasteiger partial charge in [0.05, 0.1) is 22.5 Å².